The highest BCUT2D eigenvalue weighted by molar-refractivity contribution is 9.10. The molecule has 1 saturated carbocycles. The topological polar surface area (TPSA) is 0 Å². The quantitative estimate of drug-likeness (QED) is 0.672. The Balaban J connectivity index is 2.42. The first-order chi connectivity index (χ1) is 5.27. The Hall–Kier alpha value is -0.370. The molecule has 0 amide bonds. The molecule has 1 aliphatic carbocycles. The molecule has 0 atom stereocenters. The molecule has 0 bridgehead atoms. The second kappa shape index (κ2) is 2.59. The zero-order valence-corrected chi connectivity index (χ0v) is 7.57. The molecule has 0 aromatic heterocycles. The molecular weight excluding hydrogens is 207 g/mol. The Kier molecular flexibility index (Phi) is 1.72. The molecule has 0 spiro atoms. The van der Waals surface area contributed by atoms with Crippen molar-refractivity contribution >= 4 is 15.9 Å². The van der Waals surface area contributed by atoms with Gasteiger partial charge in [-0.2, -0.15) is 0 Å². The molecule has 2 heteroatoms. The fourth-order valence-corrected chi connectivity index (χ4v) is 1.79. The van der Waals surface area contributed by atoms with Crippen LogP contribution in [0.1, 0.15) is 24.3 Å². The van der Waals surface area contributed by atoms with Gasteiger partial charge in [0.25, 0.3) is 0 Å². The normalized spacial score (nSPS) is 16.9. The van der Waals surface area contributed by atoms with Gasteiger partial charge >= 0.3 is 0 Å². The molecule has 0 heterocycles. The molecular formula is C9H8BrF. The van der Waals surface area contributed by atoms with Crippen LogP contribution in [-0.2, 0) is 0 Å². The first-order valence-corrected chi connectivity index (χ1v) is 4.51. The van der Waals surface area contributed by atoms with Crippen molar-refractivity contribution in [2.75, 3.05) is 0 Å². The van der Waals surface area contributed by atoms with E-state index < -0.39 is 0 Å². The summed E-state index contributed by atoms with van der Waals surface area (Å²) in [7, 11) is 0. The van der Waals surface area contributed by atoms with Crippen molar-refractivity contribution < 1.29 is 4.39 Å². The van der Waals surface area contributed by atoms with Crippen molar-refractivity contribution in [2.24, 2.45) is 0 Å². The van der Waals surface area contributed by atoms with Crippen LogP contribution in [0.15, 0.2) is 22.7 Å². The molecule has 58 valence electrons. The molecule has 2 rings (SSSR count). The molecule has 0 unspecified atom stereocenters. The highest BCUT2D eigenvalue weighted by Gasteiger charge is 2.25. The molecule has 1 aromatic carbocycles. The maximum Gasteiger partial charge on any atom is 0.123 e. The summed E-state index contributed by atoms with van der Waals surface area (Å²) in [5.74, 6) is 0.482. The Morgan fingerprint density at radius 3 is 2.73 bits per heavy atom. The smallest absolute Gasteiger partial charge is 0.123 e. The van der Waals surface area contributed by atoms with E-state index in [0.717, 1.165) is 10.0 Å². The van der Waals surface area contributed by atoms with Gasteiger partial charge in [0.05, 0.1) is 0 Å². The van der Waals surface area contributed by atoms with Crippen LogP contribution in [0, 0.1) is 5.82 Å². The van der Waals surface area contributed by atoms with Crippen LogP contribution in [0.2, 0.25) is 0 Å². The Morgan fingerprint density at radius 2 is 2.09 bits per heavy atom. The van der Waals surface area contributed by atoms with E-state index in [1.54, 1.807) is 12.1 Å². The van der Waals surface area contributed by atoms with Crippen molar-refractivity contribution in [1.82, 2.24) is 0 Å². The van der Waals surface area contributed by atoms with E-state index in [1.807, 2.05) is 0 Å². The van der Waals surface area contributed by atoms with E-state index in [1.165, 1.54) is 18.9 Å². The van der Waals surface area contributed by atoms with Crippen molar-refractivity contribution in [1.29, 1.82) is 0 Å². The molecule has 1 aliphatic rings. The summed E-state index contributed by atoms with van der Waals surface area (Å²) in [6.07, 6.45) is 2.42. The van der Waals surface area contributed by atoms with E-state index in [2.05, 4.69) is 15.9 Å². The SMILES string of the molecule is Fc1ccc(Br)c(C2CC2)c1. The molecule has 0 radical (unpaired) electrons. The molecule has 1 fully saturated rings. The zero-order valence-electron chi connectivity index (χ0n) is 5.98. The summed E-state index contributed by atoms with van der Waals surface area (Å²) < 4.78 is 13.8. The number of rotatable bonds is 1. The lowest BCUT2D eigenvalue weighted by atomic mass is 10.1. The Bertz CT molecular complexity index is 279. The second-order valence-electron chi connectivity index (χ2n) is 2.94. The number of hydrogen-bond acceptors (Lipinski definition) is 0. The highest BCUT2D eigenvalue weighted by atomic mass is 79.9. The van der Waals surface area contributed by atoms with Gasteiger partial charge in [-0.05, 0) is 42.5 Å². The summed E-state index contributed by atoms with van der Waals surface area (Å²) in [5.41, 5.74) is 1.13. The number of hydrogen-bond donors (Lipinski definition) is 0. The van der Waals surface area contributed by atoms with Crippen LogP contribution >= 0.6 is 15.9 Å². The molecule has 0 nitrogen and oxygen atoms in total. The lowest BCUT2D eigenvalue weighted by Crippen LogP contribution is -1.83. The summed E-state index contributed by atoms with van der Waals surface area (Å²) >= 11 is 3.40. The van der Waals surface area contributed by atoms with Gasteiger partial charge in [-0.15, -0.1) is 0 Å². The number of halogens is 2. The van der Waals surface area contributed by atoms with Gasteiger partial charge in [-0.25, -0.2) is 4.39 Å². The van der Waals surface area contributed by atoms with Gasteiger partial charge in [0, 0.05) is 4.47 Å². The Morgan fingerprint density at radius 1 is 1.36 bits per heavy atom. The monoisotopic (exact) mass is 214 g/mol. The minimum Gasteiger partial charge on any atom is -0.207 e. The zero-order chi connectivity index (χ0) is 7.84. The van der Waals surface area contributed by atoms with E-state index in [4.69, 9.17) is 0 Å². The molecule has 11 heavy (non-hydrogen) atoms. The first-order valence-electron chi connectivity index (χ1n) is 3.72. The van der Waals surface area contributed by atoms with Gasteiger partial charge in [0.15, 0.2) is 0 Å². The molecule has 0 saturated heterocycles. The van der Waals surface area contributed by atoms with E-state index in [9.17, 15) is 4.39 Å². The van der Waals surface area contributed by atoms with Gasteiger partial charge < -0.3 is 0 Å². The standard InChI is InChI=1S/C9H8BrF/c10-9-4-3-7(11)5-8(9)6-1-2-6/h3-6H,1-2H2. The summed E-state index contributed by atoms with van der Waals surface area (Å²) in [6, 6.07) is 4.89. The Labute approximate surface area is 73.6 Å². The fourth-order valence-electron chi connectivity index (χ4n) is 1.22. The van der Waals surface area contributed by atoms with Crippen LogP contribution in [0.4, 0.5) is 4.39 Å². The molecule has 0 N–H and O–H groups in total. The average molecular weight is 215 g/mol. The number of benzene rings is 1. The van der Waals surface area contributed by atoms with Crippen LogP contribution < -0.4 is 0 Å². The minimum atomic E-state index is -0.130. The lowest BCUT2D eigenvalue weighted by Gasteiger charge is -2.00. The third-order valence-corrected chi connectivity index (χ3v) is 2.70. The predicted octanol–water partition coefficient (Wildman–Crippen LogP) is 3.47. The van der Waals surface area contributed by atoms with Crippen molar-refractivity contribution in [2.45, 2.75) is 18.8 Å². The maximum absolute atomic E-state index is 12.7. The summed E-state index contributed by atoms with van der Waals surface area (Å²) in [4.78, 5) is 0. The maximum atomic E-state index is 12.7. The third kappa shape index (κ3) is 1.45. The van der Waals surface area contributed by atoms with Crippen LogP contribution in [0.3, 0.4) is 0 Å². The summed E-state index contributed by atoms with van der Waals surface area (Å²) in [5, 5.41) is 0. The van der Waals surface area contributed by atoms with Gasteiger partial charge in [0.2, 0.25) is 0 Å². The molecule has 1 aromatic rings. The van der Waals surface area contributed by atoms with E-state index in [0.29, 0.717) is 5.92 Å². The fraction of sp³-hybridized carbons (Fsp3) is 0.333. The largest absolute Gasteiger partial charge is 0.207 e. The highest BCUT2D eigenvalue weighted by Crippen LogP contribution is 2.43. The van der Waals surface area contributed by atoms with Crippen LogP contribution in [0.5, 0.6) is 0 Å². The van der Waals surface area contributed by atoms with Crippen LogP contribution in [0.25, 0.3) is 0 Å². The van der Waals surface area contributed by atoms with E-state index >= 15 is 0 Å². The van der Waals surface area contributed by atoms with Crippen LogP contribution in [-0.4, -0.2) is 0 Å². The lowest BCUT2D eigenvalue weighted by molar-refractivity contribution is 0.625. The van der Waals surface area contributed by atoms with Crippen molar-refractivity contribution in [3.63, 3.8) is 0 Å². The minimum absolute atomic E-state index is 0.130. The van der Waals surface area contributed by atoms with Gasteiger partial charge in [-0.1, -0.05) is 15.9 Å². The predicted molar refractivity (Wildman–Crippen MR) is 46.1 cm³/mol. The van der Waals surface area contributed by atoms with Crippen molar-refractivity contribution in [3.8, 4) is 0 Å². The van der Waals surface area contributed by atoms with Gasteiger partial charge in [-0.3, -0.25) is 0 Å². The summed E-state index contributed by atoms with van der Waals surface area (Å²) in [6.45, 7) is 0. The molecule has 0 aliphatic heterocycles. The second-order valence-corrected chi connectivity index (χ2v) is 3.79. The van der Waals surface area contributed by atoms with Gasteiger partial charge in [0.1, 0.15) is 5.82 Å². The first kappa shape index (κ1) is 7.29. The van der Waals surface area contributed by atoms with E-state index in [-0.39, 0.29) is 5.82 Å². The van der Waals surface area contributed by atoms with Crippen molar-refractivity contribution in [3.05, 3.63) is 34.1 Å². The third-order valence-electron chi connectivity index (χ3n) is 1.98. The average Bonchev–Trinajstić information content (AvgIpc) is 2.76.